The standard InChI is InChI=1S/C19H24N4O2/c1-4-5-11-23(3)18-10-9-15(13-20-18)19(25)22-17-8-6-7-16(12-17)21-14(2)24/h6-10,12-13H,4-5,11H2,1-3H3,(H,21,24)(H,22,25). The fourth-order valence-electron chi connectivity index (χ4n) is 2.34. The molecule has 0 radical (unpaired) electrons. The molecule has 0 aliphatic carbocycles. The van der Waals surface area contributed by atoms with Crippen molar-refractivity contribution in [3.8, 4) is 0 Å². The molecule has 0 fully saturated rings. The number of carbonyl (C=O) groups excluding carboxylic acids is 2. The van der Waals surface area contributed by atoms with E-state index in [1.54, 1.807) is 36.5 Å². The minimum atomic E-state index is -0.241. The van der Waals surface area contributed by atoms with Gasteiger partial charge in [0.2, 0.25) is 5.91 Å². The van der Waals surface area contributed by atoms with Crippen LogP contribution in [0.3, 0.4) is 0 Å². The first-order valence-corrected chi connectivity index (χ1v) is 8.35. The fraction of sp³-hybridized carbons (Fsp3) is 0.316. The van der Waals surface area contributed by atoms with Crippen molar-refractivity contribution in [3.05, 3.63) is 48.2 Å². The highest BCUT2D eigenvalue weighted by Crippen LogP contribution is 2.17. The molecule has 1 aromatic heterocycles. The third-order valence-corrected chi connectivity index (χ3v) is 3.69. The molecule has 6 heteroatoms. The lowest BCUT2D eigenvalue weighted by molar-refractivity contribution is -0.114. The lowest BCUT2D eigenvalue weighted by Crippen LogP contribution is -2.20. The number of anilines is 3. The van der Waals surface area contributed by atoms with Crippen molar-refractivity contribution in [3.63, 3.8) is 0 Å². The summed E-state index contributed by atoms with van der Waals surface area (Å²) in [7, 11) is 1.99. The second kappa shape index (κ2) is 8.82. The third-order valence-electron chi connectivity index (χ3n) is 3.69. The van der Waals surface area contributed by atoms with Crippen molar-refractivity contribution in [2.75, 3.05) is 29.1 Å². The van der Waals surface area contributed by atoms with Crippen LogP contribution in [-0.4, -0.2) is 30.4 Å². The summed E-state index contributed by atoms with van der Waals surface area (Å²) >= 11 is 0. The molecule has 0 unspecified atom stereocenters. The molecule has 0 saturated carbocycles. The van der Waals surface area contributed by atoms with E-state index in [4.69, 9.17) is 0 Å². The Bertz CT molecular complexity index is 728. The van der Waals surface area contributed by atoms with E-state index in [1.165, 1.54) is 6.92 Å². The number of benzene rings is 1. The van der Waals surface area contributed by atoms with Gasteiger partial charge in [-0.2, -0.15) is 0 Å². The molecule has 2 N–H and O–H groups in total. The molecular formula is C19H24N4O2. The quantitative estimate of drug-likeness (QED) is 0.808. The van der Waals surface area contributed by atoms with Gasteiger partial charge in [-0.25, -0.2) is 4.98 Å². The van der Waals surface area contributed by atoms with Crippen LogP contribution in [0.1, 0.15) is 37.0 Å². The molecule has 2 aromatic rings. The number of carbonyl (C=O) groups is 2. The Morgan fingerprint density at radius 1 is 1.12 bits per heavy atom. The van der Waals surface area contributed by atoms with Crippen molar-refractivity contribution in [2.45, 2.75) is 26.7 Å². The lowest BCUT2D eigenvalue weighted by Gasteiger charge is -2.17. The molecule has 25 heavy (non-hydrogen) atoms. The number of unbranched alkanes of at least 4 members (excludes halogenated alkanes) is 1. The summed E-state index contributed by atoms with van der Waals surface area (Å²) in [5.74, 6) is 0.448. The van der Waals surface area contributed by atoms with Crippen LogP contribution in [0.4, 0.5) is 17.2 Å². The van der Waals surface area contributed by atoms with E-state index in [2.05, 4.69) is 27.4 Å². The van der Waals surface area contributed by atoms with Gasteiger partial charge in [-0.15, -0.1) is 0 Å². The molecule has 2 rings (SSSR count). The van der Waals surface area contributed by atoms with E-state index in [9.17, 15) is 9.59 Å². The zero-order valence-electron chi connectivity index (χ0n) is 14.9. The average Bonchev–Trinajstić information content (AvgIpc) is 2.59. The SMILES string of the molecule is CCCCN(C)c1ccc(C(=O)Nc2cccc(NC(C)=O)c2)cn1. The number of amides is 2. The van der Waals surface area contributed by atoms with E-state index in [0.717, 1.165) is 25.2 Å². The van der Waals surface area contributed by atoms with Crippen LogP contribution in [0.25, 0.3) is 0 Å². The molecule has 0 saturated heterocycles. The molecule has 1 heterocycles. The highest BCUT2D eigenvalue weighted by Gasteiger charge is 2.09. The summed E-state index contributed by atoms with van der Waals surface area (Å²) in [4.78, 5) is 29.9. The van der Waals surface area contributed by atoms with E-state index in [-0.39, 0.29) is 11.8 Å². The number of nitrogens with one attached hydrogen (secondary N) is 2. The van der Waals surface area contributed by atoms with E-state index < -0.39 is 0 Å². The molecule has 132 valence electrons. The van der Waals surface area contributed by atoms with Crippen molar-refractivity contribution in [2.24, 2.45) is 0 Å². The normalized spacial score (nSPS) is 10.2. The number of nitrogens with zero attached hydrogens (tertiary/aromatic N) is 2. The number of aromatic nitrogens is 1. The summed E-state index contributed by atoms with van der Waals surface area (Å²) in [6, 6.07) is 10.6. The summed E-state index contributed by atoms with van der Waals surface area (Å²) < 4.78 is 0. The van der Waals surface area contributed by atoms with Gasteiger partial charge in [-0.3, -0.25) is 9.59 Å². The molecule has 0 aliphatic rings. The average molecular weight is 340 g/mol. The molecule has 0 atom stereocenters. The Labute approximate surface area is 148 Å². The van der Waals surface area contributed by atoms with Crippen LogP contribution >= 0.6 is 0 Å². The van der Waals surface area contributed by atoms with E-state index >= 15 is 0 Å². The smallest absolute Gasteiger partial charge is 0.257 e. The molecule has 1 aromatic carbocycles. The topological polar surface area (TPSA) is 74.3 Å². The van der Waals surface area contributed by atoms with Gasteiger partial charge in [0.25, 0.3) is 5.91 Å². The Hall–Kier alpha value is -2.89. The first kappa shape index (κ1) is 18.4. The number of hydrogen-bond acceptors (Lipinski definition) is 4. The maximum Gasteiger partial charge on any atom is 0.257 e. The van der Waals surface area contributed by atoms with E-state index in [0.29, 0.717) is 16.9 Å². The van der Waals surface area contributed by atoms with Crippen LogP contribution in [0, 0.1) is 0 Å². The van der Waals surface area contributed by atoms with Crippen molar-refractivity contribution in [1.29, 1.82) is 0 Å². The molecular weight excluding hydrogens is 316 g/mol. The zero-order chi connectivity index (χ0) is 18.2. The van der Waals surface area contributed by atoms with Crippen LogP contribution in [0.5, 0.6) is 0 Å². The highest BCUT2D eigenvalue weighted by atomic mass is 16.2. The van der Waals surface area contributed by atoms with Crippen molar-refractivity contribution >= 4 is 29.0 Å². The van der Waals surface area contributed by atoms with Gasteiger partial charge in [0.1, 0.15) is 5.82 Å². The molecule has 0 bridgehead atoms. The molecule has 0 aliphatic heterocycles. The summed E-state index contributed by atoms with van der Waals surface area (Å²) in [6.45, 7) is 4.52. The Morgan fingerprint density at radius 2 is 1.84 bits per heavy atom. The fourth-order valence-corrected chi connectivity index (χ4v) is 2.34. The zero-order valence-corrected chi connectivity index (χ0v) is 14.9. The second-order valence-electron chi connectivity index (χ2n) is 5.90. The van der Waals surface area contributed by atoms with Gasteiger partial charge in [-0.1, -0.05) is 19.4 Å². The van der Waals surface area contributed by atoms with Gasteiger partial charge in [0, 0.05) is 38.1 Å². The van der Waals surface area contributed by atoms with Gasteiger partial charge < -0.3 is 15.5 Å². The maximum absolute atomic E-state index is 12.3. The maximum atomic E-state index is 12.3. The van der Waals surface area contributed by atoms with Crippen molar-refractivity contribution in [1.82, 2.24) is 4.98 Å². The van der Waals surface area contributed by atoms with Gasteiger partial charge in [0.15, 0.2) is 0 Å². The molecule has 6 nitrogen and oxygen atoms in total. The molecule has 0 spiro atoms. The summed E-state index contributed by atoms with van der Waals surface area (Å²) in [6.07, 6.45) is 3.80. The number of rotatable bonds is 7. The van der Waals surface area contributed by atoms with Crippen molar-refractivity contribution < 1.29 is 9.59 Å². The third kappa shape index (κ3) is 5.60. The largest absolute Gasteiger partial charge is 0.360 e. The minimum Gasteiger partial charge on any atom is -0.360 e. The summed E-state index contributed by atoms with van der Waals surface area (Å²) in [5, 5.41) is 5.50. The summed E-state index contributed by atoms with van der Waals surface area (Å²) in [5.41, 5.74) is 1.73. The lowest BCUT2D eigenvalue weighted by atomic mass is 10.2. The van der Waals surface area contributed by atoms with E-state index in [1.807, 2.05) is 13.1 Å². The first-order valence-electron chi connectivity index (χ1n) is 8.35. The minimum absolute atomic E-state index is 0.157. The van der Waals surface area contributed by atoms with Gasteiger partial charge >= 0.3 is 0 Å². The molecule has 2 amide bonds. The number of pyridine rings is 1. The second-order valence-corrected chi connectivity index (χ2v) is 5.90. The monoisotopic (exact) mass is 340 g/mol. The highest BCUT2D eigenvalue weighted by molar-refractivity contribution is 6.04. The first-order chi connectivity index (χ1) is 12.0. The Kier molecular flexibility index (Phi) is 6.51. The number of hydrogen-bond donors (Lipinski definition) is 2. The Balaban J connectivity index is 2.02. The predicted octanol–water partition coefficient (Wildman–Crippen LogP) is 3.53. The van der Waals surface area contributed by atoms with Crippen LogP contribution < -0.4 is 15.5 Å². The van der Waals surface area contributed by atoms with Crippen LogP contribution in [0.15, 0.2) is 42.6 Å². The Morgan fingerprint density at radius 3 is 2.44 bits per heavy atom. The van der Waals surface area contributed by atoms with Gasteiger partial charge in [-0.05, 0) is 36.8 Å². The predicted molar refractivity (Wildman–Crippen MR) is 101 cm³/mol. The van der Waals surface area contributed by atoms with Crippen LogP contribution in [-0.2, 0) is 4.79 Å². The van der Waals surface area contributed by atoms with Crippen LogP contribution in [0.2, 0.25) is 0 Å². The van der Waals surface area contributed by atoms with Gasteiger partial charge in [0.05, 0.1) is 5.56 Å².